The number of carbonyl (C=O) groups is 5. The van der Waals surface area contributed by atoms with Crippen LogP contribution in [0.2, 0.25) is 0 Å². The first kappa shape index (κ1) is 31.1. The molecule has 2 heterocycles. The molecule has 3 aromatic carbocycles. The second kappa shape index (κ2) is 12.4. The molecule has 0 unspecified atom stereocenters. The first-order chi connectivity index (χ1) is 20.9. The van der Waals surface area contributed by atoms with E-state index in [1.54, 1.807) is 93.6 Å². The standard InChI is InChI=1S/C34H33BrN2O7/c1-34(2,3)44-32(41)25-19-27(33(42)43-4)36(28(25)21-14-16-22(35)17-15-21)31(40)26(18-20-10-6-5-7-11-20)37-29(38)23-12-8-9-13-24(23)30(37)39/h5-17,25-28H,18-19H2,1-4H3/t25-,26-,27-,28-/m0/s1. The summed E-state index contributed by atoms with van der Waals surface area (Å²) < 4.78 is 11.7. The Bertz CT molecular complexity index is 1560. The summed E-state index contributed by atoms with van der Waals surface area (Å²) in [5, 5.41) is 0. The van der Waals surface area contributed by atoms with Gasteiger partial charge >= 0.3 is 11.9 Å². The minimum atomic E-state index is -1.31. The highest BCUT2D eigenvalue weighted by atomic mass is 79.9. The van der Waals surface area contributed by atoms with Crippen LogP contribution < -0.4 is 0 Å². The number of likely N-dealkylation sites (tertiary alicyclic amines) is 1. The van der Waals surface area contributed by atoms with E-state index in [9.17, 15) is 24.0 Å². The number of hydrogen-bond acceptors (Lipinski definition) is 7. The number of carbonyl (C=O) groups excluding carboxylic acids is 5. The van der Waals surface area contributed by atoms with E-state index in [-0.39, 0.29) is 24.0 Å². The lowest BCUT2D eigenvalue weighted by molar-refractivity contribution is -0.161. The molecule has 4 atom stereocenters. The van der Waals surface area contributed by atoms with Gasteiger partial charge in [-0.1, -0.05) is 70.5 Å². The van der Waals surface area contributed by atoms with Crippen LogP contribution in [0.5, 0.6) is 0 Å². The van der Waals surface area contributed by atoms with Gasteiger partial charge in [-0.25, -0.2) is 4.79 Å². The lowest BCUT2D eigenvalue weighted by Crippen LogP contribution is -2.55. The molecule has 10 heteroatoms. The molecule has 1 saturated heterocycles. The van der Waals surface area contributed by atoms with Gasteiger partial charge in [-0.2, -0.15) is 0 Å². The van der Waals surface area contributed by atoms with Gasteiger partial charge in [0.25, 0.3) is 11.8 Å². The van der Waals surface area contributed by atoms with Crippen LogP contribution in [-0.4, -0.2) is 64.3 Å². The van der Waals surface area contributed by atoms with E-state index in [1.165, 1.54) is 12.0 Å². The number of amides is 3. The fourth-order valence-corrected chi connectivity index (χ4v) is 6.22. The SMILES string of the molecule is COC(=O)[C@@H]1C[C@H](C(=O)OC(C)(C)C)[C@H](c2ccc(Br)cc2)N1C(=O)[C@H](Cc1ccccc1)N1C(=O)c2ccccc2C1=O. The minimum Gasteiger partial charge on any atom is -0.467 e. The smallest absolute Gasteiger partial charge is 0.328 e. The molecule has 228 valence electrons. The van der Waals surface area contributed by atoms with Crippen molar-refractivity contribution in [2.75, 3.05) is 7.11 Å². The zero-order chi connectivity index (χ0) is 31.8. The monoisotopic (exact) mass is 660 g/mol. The van der Waals surface area contributed by atoms with Gasteiger partial charge in [-0.3, -0.25) is 24.1 Å². The predicted octanol–water partition coefficient (Wildman–Crippen LogP) is 5.13. The number of esters is 2. The van der Waals surface area contributed by atoms with Crippen molar-refractivity contribution in [2.24, 2.45) is 5.92 Å². The number of methoxy groups -OCH3 is 1. The fraction of sp³-hybridized carbons (Fsp3) is 0.324. The van der Waals surface area contributed by atoms with Crippen LogP contribution in [0, 0.1) is 5.92 Å². The summed E-state index contributed by atoms with van der Waals surface area (Å²) in [5.41, 5.74) is 0.871. The van der Waals surface area contributed by atoms with Crippen LogP contribution in [0.15, 0.2) is 83.3 Å². The first-order valence-corrected chi connectivity index (χ1v) is 15.1. The van der Waals surface area contributed by atoms with Gasteiger partial charge in [0.2, 0.25) is 5.91 Å². The molecule has 2 aliphatic rings. The molecular weight excluding hydrogens is 628 g/mol. The van der Waals surface area contributed by atoms with E-state index in [0.717, 1.165) is 9.37 Å². The van der Waals surface area contributed by atoms with Crippen molar-refractivity contribution in [3.05, 3.63) is 106 Å². The third kappa shape index (κ3) is 6.04. The molecule has 0 spiro atoms. The zero-order valence-electron chi connectivity index (χ0n) is 24.9. The van der Waals surface area contributed by atoms with Crippen molar-refractivity contribution in [3.63, 3.8) is 0 Å². The Hall–Kier alpha value is -4.31. The van der Waals surface area contributed by atoms with Crippen molar-refractivity contribution in [2.45, 2.75) is 57.3 Å². The molecule has 0 aliphatic carbocycles. The van der Waals surface area contributed by atoms with Gasteiger partial charge in [0.15, 0.2) is 0 Å². The second-order valence-corrected chi connectivity index (χ2v) is 12.8. The van der Waals surface area contributed by atoms with Crippen LogP contribution in [0.3, 0.4) is 0 Å². The Labute approximate surface area is 264 Å². The molecule has 3 amide bonds. The Morgan fingerprint density at radius 3 is 1.98 bits per heavy atom. The van der Waals surface area contributed by atoms with E-state index >= 15 is 0 Å². The first-order valence-electron chi connectivity index (χ1n) is 14.3. The number of halogens is 1. The highest BCUT2D eigenvalue weighted by Crippen LogP contribution is 2.44. The average molecular weight is 662 g/mol. The topological polar surface area (TPSA) is 110 Å². The van der Waals surface area contributed by atoms with Gasteiger partial charge in [0.05, 0.1) is 30.2 Å². The third-order valence-corrected chi connectivity index (χ3v) is 8.37. The van der Waals surface area contributed by atoms with E-state index < -0.39 is 59.3 Å². The summed E-state index contributed by atoms with van der Waals surface area (Å²) in [5.74, 6) is -4.07. The zero-order valence-corrected chi connectivity index (χ0v) is 26.4. The number of fused-ring (bicyclic) bond motifs is 1. The Balaban J connectivity index is 1.65. The van der Waals surface area contributed by atoms with Crippen LogP contribution in [-0.2, 0) is 30.3 Å². The fourth-order valence-electron chi connectivity index (χ4n) is 5.95. The van der Waals surface area contributed by atoms with Gasteiger partial charge in [-0.15, -0.1) is 0 Å². The van der Waals surface area contributed by atoms with Crippen LogP contribution in [0.25, 0.3) is 0 Å². The Morgan fingerprint density at radius 2 is 1.43 bits per heavy atom. The molecule has 44 heavy (non-hydrogen) atoms. The summed E-state index contributed by atoms with van der Waals surface area (Å²) in [4.78, 5) is 71.6. The maximum Gasteiger partial charge on any atom is 0.328 e. The number of imide groups is 1. The van der Waals surface area contributed by atoms with E-state index in [4.69, 9.17) is 9.47 Å². The molecule has 0 radical (unpaired) electrons. The van der Waals surface area contributed by atoms with E-state index in [1.807, 2.05) is 6.07 Å². The van der Waals surface area contributed by atoms with E-state index in [2.05, 4.69) is 15.9 Å². The Morgan fingerprint density at radius 1 is 0.864 bits per heavy atom. The molecule has 0 saturated carbocycles. The minimum absolute atomic E-state index is 0.000301. The lowest BCUT2D eigenvalue weighted by atomic mass is 9.92. The third-order valence-electron chi connectivity index (χ3n) is 7.84. The van der Waals surface area contributed by atoms with Crippen molar-refractivity contribution in [1.29, 1.82) is 0 Å². The predicted molar refractivity (Wildman–Crippen MR) is 164 cm³/mol. The largest absolute Gasteiger partial charge is 0.467 e. The number of ether oxygens (including phenoxy) is 2. The number of hydrogen-bond donors (Lipinski definition) is 0. The number of benzene rings is 3. The van der Waals surface area contributed by atoms with Crippen molar-refractivity contribution in [3.8, 4) is 0 Å². The molecule has 9 nitrogen and oxygen atoms in total. The summed E-state index contributed by atoms with van der Waals surface area (Å²) >= 11 is 3.43. The van der Waals surface area contributed by atoms with Gasteiger partial charge in [0.1, 0.15) is 17.7 Å². The Kier molecular flexibility index (Phi) is 8.74. The molecular formula is C34H33BrN2O7. The van der Waals surface area contributed by atoms with Crippen molar-refractivity contribution < 1.29 is 33.4 Å². The van der Waals surface area contributed by atoms with Crippen molar-refractivity contribution in [1.82, 2.24) is 9.80 Å². The van der Waals surface area contributed by atoms with Crippen molar-refractivity contribution >= 4 is 45.6 Å². The van der Waals surface area contributed by atoms with Crippen LogP contribution >= 0.6 is 15.9 Å². The summed E-state index contributed by atoms with van der Waals surface area (Å²) in [6, 6.07) is 19.1. The van der Waals surface area contributed by atoms with Crippen LogP contribution in [0.1, 0.15) is 65.1 Å². The summed E-state index contributed by atoms with van der Waals surface area (Å²) in [7, 11) is 1.21. The van der Waals surface area contributed by atoms with E-state index in [0.29, 0.717) is 11.1 Å². The normalized spacial score (nSPS) is 20.3. The maximum atomic E-state index is 14.9. The molecule has 2 aliphatic heterocycles. The highest BCUT2D eigenvalue weighted by Gasteiger charge is 2.55. The van der Waals surface area contributed by atoms with Gasteiger partial charge < -0.3 is 14.4 Å². The number of nitrogens with zero attached hydrogens (tertiary/aromatic N) is 2. The molecule has 5 rings (SSSR count). The average Bonchev–Trinajstić information content (AvgIpc) is 3.51. The van der Waals surface area contributed by atoms with Crippen LogP contribution in [0.4, 0.5) is 0 Å². The second-order valence-electron chi connectivity index (χ2n) is 11.9. The molecule has 1 fully saturated rings. The van der Waals surface area contributed by atoms with Gasteiger partial charge in [-0.05, 0) is 62.6 Å². The summed E-state index contributed by atoms with van der Waals surface area (Å²) in [6.45, 7) is 5.23. The molecule has 3 aromatic rings. The highest BCUT2D eigenvalue weighted by molar-refractivity contribution is 9.10. The summed E-state index contributed by atoms with van der Waals surface area (Å²) in [6.07, 6.45) is -0.0616. The van der Waals surface area contributed by atoms with Gasteiger partial charge in [0, 0.05) is 10.9 Å². The number of rotatable bonds is 7. The molecule has 0 N–H and O–H groups in total. The quantitative estimate of drug-likeness (QED) is 0.255. The molecule has 0 bridgehead atoms. The lowest BCUT2D eigenvalue weighted by Gasteiger charge is -2.36. The maximum absolute atomic E-state index is 14.9. The molecule has 0 aromatic heterocycles.